The number of nitrogens with one attached hydrogen (secondary N) is 1. The summed E-state index contributed by atoms with van der Waals surface area (Å²) in [6.07, 6.45) is 0. The maximum Gasteiger partial charge on any atom is 0.239 e. The van der Waals surface area contributed by atoms with Crippen LogP contribution in [0.2, 0.25) is 0 Å². The van der Waals surface area contributed by atoms with Crippen molar-refractivity contribution in [2.75, 3.05) is 25.0 Å². The number of halogens is 1. The van der Waals surface area contributed by atoms with Gasteiger partial charge in [0.05, 0.1) is 12.2 Å². The van der Waals surface area contributed by atoms with Gasteiger partial charge in [-0.2, -0.15) is 0 Å². The van der Waals surface area contributed by atoms with E-state index in [1.165, 1.54) is 6.07 Å². The maximum absolute atomic E-state index is 13.7. The molecule has 0 saturated heterocycles. The predicted octanol–water partition coefficient (Wildman–Crippen LogP) is 0.857. The van der Waals surface area contributed by atoms with Crippen LogP contribution < -0.4 is 16.0 Å². The van der Waals surface area contributed by atoms with Crippen molar-refractivity contribution in [1.82, 2.24) is 5.32 Å². The molecule has 0 bridgehead atoms. The number of benzene rings is 1. The number of nitrogens with two attached hydrogens (primary N) is 1. The second-order valence-electron chi connectivity index (χ2n) is 3.76. The number of carbonyl (C=O) groups is 1. The van der Waals surface area contributed by atoms with Crippen LogP contribution in [0.25, 0.3) is 0 Å². The Bertz CT molecular complexity index is 395. The molecule has 0 aliphatic carbocycles. The fraction of sp³-hybridized carbons (Fsp3) is 0.417. The molecular weight excluding hydrogens is 221 g/mol. The van der Waals surface area contributed by atoms with Gasteiger partial charge in [-0.05, 0) is 18.6 Å². The first-order chi connectivity index (χ1) is 8.10. The van der Waals surface area contributed by atoms with E-state index < -0.39 is 0 Å². The summed E-state index contributed by atoms with van der Waals surface area (Å²) in [7, 11) is 1.67. The number of anilines is 1. The molecule has 1 rings (SSSR count). The van der Waals surface area contributed by atoms with Gasteiger partial charge in [0.15, 0.2) is 0 Å². The smallest absolute Gasteiger partial charge is 0.239 e. The van der Waals surface area contributed by atoms with Crippen LogP contribution in [-0.2, 0) is 11.3 Å². The third-order valence-electron chi connectivity index (χ3n) is 2.43. The Morgan fingerprint density at radius 2 is 2.24 bits per heavy atom. The topological polar surface area (TPSA) is 58.4 Å². The molecule has 0 aromatic heterocycles. The van der Waals surface area contributed by atoms with Crippen molar-refractivity contribution in [1.29, 1.82) is 0 Å². The molecule has 17 heavy (non-hydrogen) atoms. The van der Waals surface area contributed by atoms with Crippen LogP contribution in [0.15, 0.2) is 18.2 Å². The Balaban J connectivity index is 2.87. The fourth-order valence-electron chi connectivity index (χ4n) is 1.70. The number of rotatable bonds is 5. The average Bonchev–Trinajstić information content (AvgIpc) is 2.28. The standard InChI is InChI=1S/C12H18FN3O/c1-3-15-11(17)8-16(2)12-9(7-14)5-4-6-10(12)13/h4-6H,3,7-8,14H2,1-2H3,(H,15,17). The maximum atomic E-state index is 13.7. The molecule has 94 valence electrons. The zero-order valence-electron chi connectivity index (χ0n) is 10.2. The number of amides is 1. The average molecular weight is 239 g/mol. The first-order valence-electron chi connectivity index (χ1n) is 5.55. The summed E-state index contributed by atoms with van der Waals surface area (Å²) >= 11 is 0. The molecule has 0 spiro atoms. The Morgan fingerprint density at radius 1 is 1.53 bits per heavy atom. The predicted molar refractivity (Wildman–Crippen MR) is 66.2 cm³/mol. The third kappa shape index (κ3) is 3.42. The van der Waals surface area contributed by atoms with Crippen LogP contribution >= 0.6 is 0 Å². The van der Waals surface area contributed by atoms with Gasteiger partial charge in [-0.3, -0.25) is 4.79 Å². The number of carbonyl (C=O) groups excluding carboxylic acids is 1. The Kier molecular flexibility index (Phi) is 4.90. The molecule has 0 heterocycles. The summed E-state index contributed by atoms with van der Waals surface area (Å²) in [6, 6.07) is 4.73. The van der Waals surface area contributed by atoms with E-state index in [-0.39, 0.29) is 24.8 Å². The lowest BCUT2D eigenvalue weighted by atomic mass is 10.1. The highest BCUT2D eigenvalue weighted by molar-refractivity contribution is 5.81. The van der Waals surface area contributed by atoms with Crippen LogP contribution in [0, 0.1) is 5.82 Å². The zero-order chi connectivity index (χ0) is 12.8. The minimum absolute atomic E-state index is 0.113. The minimum Gasteiger partial charge on any atom is -0.363 e. The SMILES string of the molecule is CCNC(=O)CN(C)c1c(F)cccc1CN. The van der Waals surface area contributed by atoms with E-state index >= 15 is 0 Å². The molecule has 5 heteroatoms. The highest BCUT2D eigenvalue weighted by Crippen LogP contribution is 2.22. The second kappa shape index (κ2) is 6.20. The molecule has 0 aliphatic heterocycles. The molecule has 1 aromatic carbocycles. The second-order valence-corrected chi connectivity index (χ2v) is 3.76. The van der Waals surface area contributed by atoms with E-state index in [9.17, 15) is 9.18 Å². The lowest BCUT2D eigenvalue weighted by Gasteiger charge is -2.22. The van der Waals surface area contributed by atoms with Crippen molar-refractivity contribution >= 4 is 11.6 Å². The van der Waals surface area contributed by atoms with Gasteiger partial charge in [0.25, 0.3) is 0 Å². The van der Waals surface area contributed by atoms with Crippen LogP contribution in [0.1, 0.15) is 12.5 Å². The summed E-state index contributed by atoms with van der Waals surface area (Å²) < 4.78 is 13.7. The van der Waals surface area contributed by atoms with E-state index in [4.69, 9.17) is 5.73 Å². The van der Waals surface area contributed by atoms with Crippen molar-refractivity contribution in [3.8, 4) is 0 Å². The first-order valence-corrected chi connectivity index (χ1v) is 5.55. The van der Waals surface area contributed by atoms with Gasteiger partial charge in [0.1, 0.15) is 5.82 Å². The van der Waals surface area contributed by atoms with Crippen molar-refractivity contribution in [3.63, 3.8) is 0 Å². The van der Waals surface area contributed by atoms with Crippen molar-refractivity contribution in [2.24, 2.45) is 5.73 Å². The Morgan fingerprint density at radius 3 is 2.82 bits per heavy atom. The molecule has 0 atom stereocenters. The molecular formula is C12H18FN3O. The lowest BCUT2D eigenvalue weighted by Crippen LogP contribution is -2.35. The monoisotopic (exact) mass is 239 g/mol. The number of hydrogen-bond donors (Lipinski definition) is 2. The van der Waals surface area contributed by atoms with Crippen LogP contribution in [0.5, 0.6) is 0 Å². The summed E-state index contributed by atoms with van der Waals surface area (Å²) in [5.41, 5.74) is 6.63. The lowest BCUT2D eigenvalue weighted by molar-refractivity contribution is -0.119. The summed E-state index contributed by atoms with van der Waals surface area (Å²) in [4.78, 5) is 13.0. The number of nitrogens with zero attached hydrogens (tertiary/aromatic N) is 1. The number of para-hydroxylation sites is 1. The van der Waals surface area contributed by atoms with Gasteiger partial charge < -0.3 is 16.0 Å². The van der Waals surface area contributed by atoms with Gasteiger partial charge in [0.2, 0.25) is 5.91 Å². The van der Waals surface area contributed by atoms with E-state index in [1.54, 1.807) is 24.1 Å². The van der Waals surface area contributed by atoms with Crippen molar-refractivity contribution in [2.45, 2.75) is 13.5 Å². The number of likely N-dealkylation sites (N-methyl/N-ethyl adjacent to an activating group) is 2. The molecule has 0 aliphatic rings. The fourth-order valence-corrected chi connectivity index (χ4v) is 1.70. The third-order valence-corrected chi connectivity index (χ3v) is 2.43. The largest absolute Gasteiger partial charge is 0.363 e. The van der Waals surface area contributed by atoms with E-state index in [1.807, 2.05) is 6.92 Å². The summed E-state index contributed by atoms with van der Waals surface area (Å²) in [5.74, 6) is -0.499. The highest BCUT2D eigenvalue weighted by atomic mass is 19.1. The molecule has 0 fully saturated rings. The molecule has 4 nitrogen and oxygen atoms in total. The Hall–Kier alpha value is -1.62. The molecule has 3 N–H and O–H groups in total. The number of hydrogen-bond acceptors (Lipinski definition) is 3. The Labute approximate surface area is 101 Å². The van der Waals surface area contributed by atoms with Gasteiger partial charge in [0, 0.05) is 20.1 Å². The van der Waals surface area contributed by atoms with Crippen molar-refractivity contribution < 1.29 is 9.18 Å². The van der Waals surface area contributed by atoms with Crippen molar-refractivity contribution in [3.05, 3.63) is 29.6 Å². The highest BCUT2D eigenvalue weighted by Gasteiger charge is 2.14. The molecule has 0 unspecified atom stereocenters. The molecule has 1 aromatic rings. The van der Waals surface area contributed by atoms with Gasteiger partial charge in [-0.1, -0.05) is 12.1 Å². The van der Waals surface area contributed by atoms with Gasteiger partial charge in [-0.25, -0.2) is 4.39 Å². The molecule has 0 radical (unpaired) electrons. The minimum atomic E-state index is -0.361. The normalized spacial score (nSPS) is 10.1. The quantitative estimate of drug-likeness (QED) is 0.801. The molecule has 1 amide bonds. The molecule has 0 saturated carbocycles. The zero-order valence-corrected chi connectivity index (χ0v) is 10.2. The van der Waals surface area contributed by atoms with Crippen LogP contribution in [0.3, 0.4) is 0 Å². The first kappa shape index (κ1) is 13.4. The van der Waals surface area contributed by atoms with Crippen LogP contribution in [0.4, 0.5) is 10.1 Å². The van der Waals surface area contributed by atoms with E-state index in [0.29, 0.717) is 17.8 Å². The summed E-state index contributed by atoms with van der Waals surface area (Å²) in [5, 5.41) is 2.67. The van der Waals surface area contributed by atoms with E-state index in [2.05, 4.69) is 5.32 Å². The van der Waals surface area contributed by atoms with Gasteiger partial charge >= 0.3 is 0 Å². The van der Waals surface area contributed by atoms with E-state index in [0.717, 1.165) is 0 Å². The summed E-state index contributed by atoms with van der Waals surface area (Å²) in [6.45, 7) is 2.76. The van der Waals surface area contributed by atoms with Crippen LogP contribution in [-0.4, -0.2) is 26.0 Å². The van der Waals surface area contributed by atoms with Gasteiger partial charge in [-0.15, -0.1) is 0 Å².